The molecule has 5 heteroatoms. The predicted octanol–water partition coefficient (Wildman–Crippen LogP) is 2.37. The fraction of sp³-hybridized carbons (Fsp3) is 0.944. The van der Waals surface area contributed by atoms with Crippen LogP contribution >= 0.6 is 0 Å². The van der Waals surface area contributed by atoms with Gasteiger partial charge in [0, 0.05) is 39.3 Å². The van der Waals surface area contributed by atoms with Gasteiger partial charge < -0.3 is 20.3 Å². The molecular formula is C18H33N3O2. The molecule has 2 amide bonds. The molecule has 0 unspecified atom stereocenters. The second-order valence-corrected chi connectivity index (χ2v) is 7.64. The Morgan fingerprint density at radius 2 is 1.87 bits per heavy atom. The fourth-order valence-electron chi connectivity index (χ4n) is 4.29. The molecular weight excluding hydrogens is 290 g/mol. The third kappa shape index (κ3) is 5.35. The molecule has 0 spiro atoms. The van der Waals surface area contributed by atoms with Crippen LogP contribution in [0.25, 0.3) is 0 Å². The van der Waals surface area contributed by atoms with E-state index in [0.717, 1.165) is 57.3 Å². The average molecular weight is 323 g/mol. The molecule has 132 valence electrons. The second kappa shape index (κ2) is 8.34. The molecule has 2 atom stereocenters. The lowest BCUT2D eigenvalue weighted by Gasteiger charge is -2.31. The minimum atomic E-state index is 0.0261. The van der Waals surface area contributed by atoms with E-state index in [-0.39, 0.29) is 6.03 Å². The lowest BCUT2D eigenvalue weighted by Crippen LogP contribution is -2.47. The summed E-state index contributed by atoms with van der Waals surface area (Å²) in [6.45, 7) is 3.84. The maximum atomic E-state index is 12.1. The number of rotatable bonds is 6. The number of carbonyl (C=O) groups excluding carboxylic acids is 1. The highest BCUT2D eigenvalue weighted by Crippen LogP contribution is 2.43. The van der Waals surface area contributed by atoms with Crippen molar-refractivity contribution in [2.45, 2.75) is 63.5 Å². The lowest BCUT2D eigenvalue weighted by atomic mass is 9.83. The summed E-state index contributed by atoms with van der Waals surface area (Å²) < 4.78 is 5.39. The number of nitrogens with one attached hydrogen (secondary N) is 2. The van der Waals surface area contributed by atoms with Crippen LogP contribution in [0.5, 0.6) is 0 Å². The number of carbonyl (C=O) groups is 1. The fourth-order valence-corrected chi connectivity index (χ4v) is 4.29. The topological polar surface area (TPSA) is 53.6 Å². The van der Waals surface area contributed by atoms with Crippen molar-refractivity contribution in [2.75, 3.05) is 33.3 Å². The Balaban J connectivity index is 1.27. The zero-order valence-corrected chi connectivity index (χ0v) is 14.6. The Morgan fingerprint density at radius 1 is 1.09 bits per heavy atom. The maximum absolute atomic E-state index is 12.1. The van der Waals surface area contributed by atoms with Gasteiger partial charge in [0.25, 0.3) is 0 Å². The van der Waals surface area contributed by atoms with E-state index in [0.29, 0.717) is 12.1 Å². The molecule has 3 aliphatic rings. The van der Waals surface area contributed by atoms with Gasteiger partial charge >= 0.3 is 6.03 Å². The zero-order chi connectivity index (χ0) is 16.1. The number of amides is 2. The van der Waals surface area contributed by atoms with E-state index < -0.39 is 0 Å². The van der Waals surface area contributed by atoms with Gasteiger partial charge in [-0.3, -0.25) is 0 Å². The van der Waals surface area contributed by atoms with Crippen molar-refractivity contribution in [3.63, 3.8) is 0 Å². The number of urea groups is 1. The largest absolute Gasteiger partial charge is 0.381 e. The summed E-state index contributed by atoms with van der Waals surface area (Å²) in [4.78, 5) is 14.5. The summed E-state index contributed by atoms with van der Waals surface area (Å²) in [5, 5.41) is 6.24. The van der Waals surface area contributed by atoms with Crippen LogP contribution in [0, 0.1) is 11.8 Å². The highest BCUT2D eigenvalue weighted by atomic mass is 16.5. The van der Waals surface area contributed by atoms with Crippen molar-refractivity contribution >= 4 is 6.03 Å². The summed E-state index contributed by atoms with van der Waals surface area (Å²) >= 11 is 0. The van der Waals surface area contributed by atoms with E-state index in [4.69, 9.17) is 4.74 Å². The quantitative estimate of drug-likeness (QED) is 0.789. The van der Waals surface area contributed by atoms with Crippen LogP contribution in [-0.2, 0) is 4.74 Å². The van der Waals surface area contributed by atoms with Gasteiger partial charge in [0.05, 0.1) is 6.10 Å². The molecule has 0 aromatic heterocycles. The highest BCUT2D eigenvalue weighted by Gasteiger charge is 2.35. The number of methoxy groups -OCH3 is 1. The van der Waals surface area contributed by atoms with Crippen LogP contribution in [0.4, 0.5) is 4.79 Å². The Hall–Kier alpha value is -0.810. The Morgan fingerprint density at radius 3 is 2.57 bits per heavy atom. The van der Waals surface area contributed by atoms with E-state index in [1.54, 1.807) is 7.11 Å². The molecule has 5 nitrogen and oxygen atoms in total. The average Bonchev–Trinajstić information content (AvgIpc) is 3.41. The van der Waals surface area contributed by atoms with Gasteiger partial charge in [-0.1, -0.05) is 12.8 Å². The molecule has 1 heterocycles. The SMILES string of the molecule is COC1CCN(CCNC(=O)N[C@@H]2CCC[C@H](C3CC3)C2)CC1. The lowest BCUT2D eigenvalue weighted by molar-refractivity contribution is 0.0416. The minimum Gasteiger partial charge on any atom is -0.381 e. The number of nitrogens with zero attached hydrogens (tertiary/aromatic N) is 1. The molecule has 2 N–H and O–H groups in total. The van der Waals surface area contributed by atoms with E-state index >= 15 is 0 Å². The maximum Gasteiger partial charge on any atom is 0.315 e. The van der Waals surface area contributed by atoms with Gasteiger partial charge in [0.2, 0.25) is 0 Å². The van der Waals surface area contributed by atoms with Crippen LogP contribution in [-0.4, -0.2) is 56.4 Å². The first-order chi connectivity index (χ1) is 11.2. The van der Waals surface area contributed by atoms with Gasteiger partial charge in [0.15, 0.2) is 0 Å². The van der Waals surface area contributed by atoms with Gasteiger partial charge in [-0.15, -0.1) is 0 Å². The molecule has 3 rings (SSSR count). The summed E-state index contributed by atoms with van der Waals surface area (Å²) in [5.41, 5.74) is 0. The van der Waals surface area contributed by atoms with Crippen LogP contribution in [0.1, 0.15) is 51.4 Å². The standard InChI is InChI=1S/C18H33N3O2/c1-23-17-7-10-21(11-8-17)12-9-19-18(22)20-16-4-2-3-15(13-16)14-5-6-14/h14-17H,2-13H2,1H3,(H2,19,20,22)/t15-,16+/m0/s1. The van der Waals surface area contributed by atoms with Crippen LogP contribution < -0.4 is 10.6 Å². The van der Waals surface area contributed by atoms with Crippen molar-refractivity contribution in [2.24, 2.45) is 11.8 Å². The van der Waals surface area contributed by atoms with Gasteiger partial charge in [-0.2, -0.15) is 0 Å². The molecule has 23 heavy (non-hydrogen) atoms. The summed E-state index contributed by atoms with van der Waals surface area (Å²) in [6.07, 6.45) is 10.5. The Bertz CT molecular complexity index is 378. The second-order valence-electron chi connectivity index (χ2n) is 7.64. The van der Waals surface area contributed by atoms with Gasteiger partial charge in [-0.05, 0) is 50.4 Å². The zero-order valence-electron chi connectivity index (χ0n) is 14.6. The summed E-state index contributed by atoms with van der Waals surface area (Å²) in [7, 11) is 1.80. The van der Waals surface area contributed by atoms with E-state index in [1.165, 1.54) is 32.1 Å². The van der Waals surface area contributed by atoms with E-state index in [9.17, 15) is 4.79 Å². The first-order valence-electron chi connectivity index (χ1n) is 9.54. The molecule has 0 aromatic rings. The molecule has 3 fully saturated rings. The number of likely N-dealkylation sites (tertiary alicyclic amines) is 1. The summed E-state index contributed by atoms with van der Waals surface area (Å²) in [6, 6.07) is 0.421. The monoisotopic (exact) mass is 323 g/mol. The van der Waals surface area contributed by atoms with E-state index in [2.05, 4.69) is 15.5 Å². The van der Waals surface area contributed by atoms with Crippen molar-refractivity contribution in [3.8, 4) is 0 Å². The molecule has 2 aliphatic carbocycles. The minimum absolute atomic E-state index is 0.0261. The molecule has 0 bridgehead atoms. The normalized spacial score (nSPS) is 30.1. The molecule has 0 radical (unpaired) electrons. The number of ether oxygens (including phenoxy) is 1. The van der Waals surface area contributed by atoms with Crippen molar-refractivity contribution < 1.29 is 9.53 Å². The third-order valence-corrected chi connectivity index (χ3v) is 5.92. The van der Waals surface area contributed by atoms with Gasteiger partial charge in [0.1, 0.15) is 0 Å². The third-order valence-electron chi connectivity index (χ3n) is 5.92. The van der Waals surface area contributed by atoms with Gasteiger partial charge in [-0.25, -0.2) is 4.79 Å². The van der Waals surface area contributed by atoms with Crippen molar-refractivity contribution in [3.05, 3.63) is 0 Å². The molecule has 1 aliphatic heterocycles. The number of piperidine rings is 1. The van der Waals surface area contributed by atoms with Crippen LogP contribution in [0.3, 0.4) is 0 Å². The van der Waals surface area contributed by atoms with Crippen molar-refractivity contribution in [1.29, 1.82) is 0 Å². The Kier molecular flexibility index (Phi) is 6.17. The summed E-state index contributed by atoms with van der Waals surface area (Å²) in [5.74, 6) is 1.84. The van der Waals surface area contributed by atoms with Crippen molar-refractivity contribution in [1.82, 2.24) is 15.5 Å². The van der Waals surface area contributed by atoms with E-state index in [1.807, 2.05) is 0 Å². The smallest absolute Gasteiger partial charge is 0.315 e. The van der Waals surface area contributed by atoms with Crippen LogP contribution in [0.15, 0.2) is 0 Å². The molecule has 1 saturated heterocycles. The first-order valence-corrected chi connectivity index (χ1v) is 9.54. The predicted molar refractivity (Wildman–Crippen MR) is 91.5 cm³/mol. The highest BCUT2D eigenvalue weighted by molar-refractivity contribution is 5.74. The Labute approximate surface area is 140 Å². The number of hydrogen-bond acceptors (Lipinski definition) is 3. The molecule has 2 saturated carbocycles. The molecule has 0 aromatic carbocycles. The van der Waals surface area contributed by atoms with Crippen LogP contribution in [0.2, 0.25) is 0 Å². The first kappa shape index (κ1) is 17.0. The number of hydrogen-bond donors (Lipinski definition) is 2.